The van der Waals surface area contributed by atoms with Crippen molar-refractivity contribution < 1.29 is 28.6 Å². The average molecular weight is 459 g/mol. The van der Waals surface area contributed by atoms with Crippen molar-refractivity contribution in [2.45, 2.75) is 12.5 Å². The lowest BCUT2D eigenvalue weighted by Crippen LogP contribution is -2.31. The maximum atomic E-state index is 13.9. The number of rotatable bonds is 8. The van der Waals surface area contributed by atoms with Gasteiger partial charge in [-0.1, -0.05) is 29.8 Å². The molecule has 166 valence electrons. The van der Waals surface area contributed by atoms with Crippen molar-refractivity contribution in [1.29, 1.82) is 0 Å². The monoisotopic (exact) mass is 458 g/mol. The Hall–Kier alpha value is -3.65. The largest absolute Gasteiger partial charge is 0.496 e. The Bertz CT molecular complexity index is 1150. The highest BCUT2D eigenvalue weighted by atomic mass is 35.5. The summed E-state index contributed by atoms with van der Waals surface area (Å²) in [6.07, 6.45) is -0.379. The normalized spacial score (nSPS) is 11.5. The van der Waals surface area contributed by atoms with Gasteiger partial charge >= 0.3 is 5.97 Å². The fourth-order valence-corrected chi connectivity index (χ4v) is 3.47. The van der Waals surface area contributed by atoms with Crippen LogP contribution in [0.5, 0.6) is 11.5 Å². The third-order valence-electron chi connectivity index (χ3n) is 4.69. The van der Waals surface area contributed by atoms with E-state index in [1.807, 2.05) is 0 Å². The molecular weight excluding hydrogens is 439 g/mol. The van der Waals surface area contributed by atoms with Crippen LogP contribution < -0.4 is 14.8 Å². The molecule has 1 heterocycles. The first-order valence-corrected chi connectivity index (χ1v) is 9.87. The van der Waals surface area contributed by atoms with Crippen molar-refractivity contribution in [2.24, 2.45) is 0 Å². The lowest BCUT2D eigenvalue weighted by Gasteiger charge is -2.19. The number of nitrogens with one attached hydrogen (secondary N) is 1. The van der Waals surface area contributed by atoms with Gasteiger partial charge in [0, 0.05) is 10.6 Å². The number of pyridine rings is 1. The minimum atomic E-state index is -1.11. The Morgan fingerprint density at radius 2 is 1.78 bits per heavy atom. The molecule has 1 unspecified atom stereocenters. The molecule has 0 aliphatic carbocycles. The number of nitrogens with zero attached hydrogens (tertiary/aromatic N) is 1. The number of benzene rings is 2. The van der Waals surface area contributed by atoms with Crippen LogP contribution in [0.25, 0.3) is 11.3 Å². The van der Waals surface area contributed by atoms with Crippen molar-refractivity contribution in [2.75, 3.05) is 14.2 Å². The minimum absolute atomic E-state index is 0.0189. The fraction of sp³-hybridized carbons (Fsp3) is 0.174. The molecule has 0 fully saturated rings. The number of hydrogen-bond donors (Lipinski definition) is 2. The summed E-state index contributed by atoms with van der Waals surface area (Å²) in [7, 11) is 2.85. The van der Waals surface area contributed by atoms with E-state index in [1.54, 1.807) is 24.3 Å². The molecule has 1 amide bonds. The maximum Gasteiger partial charge on any atom is 0.305 e. The standard InChI is InChI=1S/C23H20ClFN2O5/c1-31-19-9-7-13(25)11-15(19)22-20(32-2)10-8-17(26-22)23(30)27-18(12-21(28)29)14-5-3-4-6-16(14)24/h3-11,18H,12H2,1-2H3,(H,27,30)(H,28,29). The van der Waals surface area contributed by atoms with Crippen LogP contribution >= 0.6 is 11.6 Å². The number of amides is 1. The van der Waals surface area contributed by atoms with Crippen LogP contribution in [0.15, 0.2) is 54.6 Å². The van der Waals surface area contributed by atoms with Gasteiger partial charge in [-0.25, -0.2) is 9.37 Å². The first-order chi connectivity index (χ1) is 15.3. The summed E-state index contributed by atoms with van der Waals surface area (Å²) in [5, 5.41) is 12.3. The molecule has 0 radical (unpaired) electrons. The summed E-state index contributed by atoms with van der Waals surface area (Å²) >= 11 is 6.20. The Balaban J connectivity index is 2.00. The summed E-state index contributed by atoms with van der Waals surface area (Å²) in [5.74, 6) is -1.61. The summed E-state index contributed by atoms with van der Waals surface area (Å²) < 4.78 is 24.5. The number of carbonyl (C=O) groups excluding carboxylic acids is 1. The third-order valence-corrected chi connectivity index (χ3v) is 5.04. The van der Waals surface area contributed by atoms with Gasteiger partial charge in [0.25, 0.3) is 5.91 Å². The maximum absolute atomic E-state index is 13.9. The van der Waals surface area contributed by atoms with Crippen LogP contribution in [-0.4, -0.2) is 36.2 Å². The van der Waals surface area contributed by atoms with Crippen molar-refractivity contribution in [1.82, 2.24) is 10.3 Å². The first kappa shape index (κ1) is 23.0. The number of halogens is 2. The smallest absolute Gasteiger partial charge is 0.305 e. The number of carboxylic acid groups (broad SMARTS) is 1. The van der Waals surface area contributed by atoms with Gasteiger partial charge in [0.15, 0.2) is 0 Å². The Morgan fingerprint density at radius 3 is 2.44 bits per heavy atom. The molecule has 32 heavy (non-hydrogen) atoms. The van der Waals surface area contributed by atoms with E-state index < -0.39 is 23.7 Å². The molecule has 0 aliphatic heterocycles. The molecule has 0 spiro atoms. The summed E-state index contributed by atoms with van der Waals surface area (Å²) in [6.45, 7) is 0. The van der Waals surface area contributed by atoms with E-state index in [9.17, 15) is 19.1 Å². The molecular formula is C23H20ClFN2O5. The molecule has 1 aromatic heterocycles. The van der Waals surface area contributed by atoms with Crippen molar-refractivity contribution in [3.05, 3.63) is 76.7 Å². The first-order valence-electron chi connectivity index (χ1n) is 9.50. The topological polar surface area (TPSA) is 97.8 Å². The molecule has 0 aliphatic rings. The van der Waals surface area contributed by atoms with E-state index in [0.717, 1.165) is 0 Å². The van der Waals surface area contributed by atoms with Crippen molar-refractivity contribution in [3.63, 3.8) is 0 Å². The van der Waals surface area contributed by atoms with E-state index in [0.29, 0.717) is 27.6 Å². The Morgan fingerprint density at radius 1 is 1.09 bits per heavy atom. The number of carbonyl (C=O) groups is 2. The van der Waals surface area contributed by atoms with Crippen LogP contribution in [0.4, 0.5) is 4.39 Å². The van der Waals surface area contributed by atoms with Gasteiger partial charge in [0.05, 0.1) is 26.7 Å². The van der Waals surface area contributed by atoms with Gasteiger partial charge in [-0.2, -0.15) is 0 Å². The van der Waals surface area contributed by atoms with Crippen LogP contribution in [-0.2, 0) is 4.79 Å². The molecule has 0 saturated heterocycles. The second-order valence-electron chi connectivity index (χ2n) is 6.74. The predicted molar refractivity (Wildman–Crippen MR) is 117 cm³/mol. The summed E-state index contributed by atoms with van der Waals surface area (Å²) in [4.78, 5) is 28.7. The Labute approximate surface area is 188 Å². The van der Waals surface area contributed by atoms with Gasteiger partial charge in [0.2, 0.25) is 0 Å². The number of methoxy groups -OCH3 is 2. The van der Waals surface area contributed by atoms with E-state index in [1.165, 1.54) is 44.6 Å². The minimum Gasteiger partial charge on any atom is -0.496 e. The highest BCUT2D eigenvalue weighted by Gasteiger charge is 2.23. The van der Waals surface area contributed by atoms with Crippen LogP contribution in [0.1, 0.15) is 28.5 Å². The van der Waals surface area contributed by atoms with Crippen molar-refractivity contribution >= 4 is 23.5 Å². The van der Waals surface area contributed by atoms with Gasteiger partial charge < -0.3 is 19.9 Å². The van der Waals surface area contributed by atoms with Crippen LogP contribution in [0, 0.1) is 5.82 Å². The predicted octanol–water partition coefficient (Wildman–Crippen LogP) is 4.50. The highest BCUT2D eigenvalue weighted by molar-refractivity contribution is 6.31. The lowest BCUT2D eigenvalue weighted by molar-refractivity contribution is -0.137. The number of aromatic nitrogens is 1. The SMILES string of the molecule is COc1ccc(F)cc1-c1nc(C(=O)NC(CC(=O)O)c2ccccc2Cl)ccc1OC. The molecule has 3 aromatic rings. The zero-order valence-electron chi connectivity index (χ0n) is 17.3. The van der Waals surface area contributed by atoms with Crippen LogP contribution in [0.3, 0.4) is 0 Å². The van der Waals surface area contributed by atoms with Crippen molar-refractivity contribution in [3.8, 4) is 22.8 Å². The second kappa shape index (κ2) is 10.1. The average Bonchev–Trinajstić information content (AvgIpc) is 2.78. The Kier molecular flexibility index (Phi) is 7.27. The van der Waals surface area contributed by atoms with E-state index in [-0.39, 0.29) is 17.8 Å². The van der Waals surface area contributed by atoms with Gasteiger partial charge in [0.1, 0.15) is 28.7 Å². The molecule has 3 rings (SSSR count). The molecule has 0 saturated carbocycles. The zero-order valence-corrected chi connectivity index (χ0v) is 18.0. The summed E-state index contributed by atoms with van der Waals surface area (Å²) in [6, 6.07) is 12.6. The van der Waals surface area contributed by atoms with Gasteiger partial charge in [-0.3, -0.25) is 9.59 Å². The van der Waals surface area contributed by atoms with E-state index in [4.69, 9.17) is 21.1 Å². The van der Waals surface area contributed by atoms with E-state index in [2.05, 4.69) is 10.3 Å². The molecule has 2 N–H and O–H groups in total. The van der Waals surface area contributed by atoms with E-state index >= 15 is 0 Å². The van der Waals surface area contributed by atoms with Gasteiger partial charge in [-0.15, -0.1) is 0 Å². The zero-order chi connectivity index (χ0) is 23.3. The molecule has 9 heteroatoms. The van der Waals surface area contributed by atoms with Gasteiger partial charge in [-0.05, 0) is 42.0 Å². The number of ether oxygens (including phenoxy) is 2. The molecule has 7 nitrogen and oxygen atoms in total. The number of carboxylic acids is 1. The highest BCUT2D eigenvalue weighted by Crippen LogP contribution is 2.35. The second-order valence-corrected chi connectivity index (χ2v) is 7.14. The number of hydrogen-bond acceptors (Lipinski definition) is 5. The molecule has 1 atom stereocenters. The molecule has 0 bridgehead atoms. The lowest BCUT2D eigenvalue weighted by atomic mass is 10.0. The quantitative estimate of drug-likeness (QED) is 0.515. The summed E-state index contributed by atoms with van der Waals surface area (Å²) in [5.41, 5.74) is 0.941. The number of aliphatic carboxylic acids is 1. The molecule has 2 aromatic carbocycles. The van der Waals surface area contributed by atoms with Crippen LogP contribution in [0.2, 0.25) is 5.02 Å². The fourth-order valence-electron chi connectivity index (χ4n) is 3.20. The third kappa shape index (κ3) is 5.15.